The van der Waals surface area contributed by atoms with Crippen molar-refractivity contribution in [1.29, 1.82) is 0 Å². The van der Waals surface area contributed by atoms with Gasteiger partial charge in [0.25, 0.3) is 10.0 Å². The monoisotopic (exact) mass is 448 g/mol. The Morgan fingerprint density at radius 2 is 1.93 bits per heavy atom. The molecule has 4 aromatic rings. The highest BCUT2D eigenvalue weighted by molar-refractivity contribution is 7.93. The molecule has 1 atom stereocenters. The van der Waals surface area contributed by atoms with Gasteiger partial charge in [0.2, 0.25) is 5.13 Å². The summed E-state index contributed by atoms with van der Waals surface area (Å²) in [5, 5.41) is -0.00234. The van der Waals surface area contributed by atoms with Crippen molar-refractivity contribution in [3.05, 3.63) is 70.7 Å². The molecule has 1 N–H and O–H groups in total. The first-order valence-corrected chi connectivity index (χ1v) is 11.2. The van der Waals surface area contributed by atoms with E-state index in [2.05, 4.69) is 14.1 Å². The molecule has 156 valence electrons. The highest BCUT2D eigenvalue weighted by atomic mass is 32.2. The molecule has 2 heterocycles. The highest BCUT2D eigenvalue weighted by Gasteiger charge is 2.27. The van der Waals surface area contributed by atoms with Crippen LogP contribution in [-0.2, 0) is 10.0 Å². The number of nitrogens with one attached hydrogen (secondary N) is 1. The van der Waals surface area contributed by atoms with Crippen molar-refractivity contribution in [2.24, 2.45) is 5.92 Å². The summed E-state index contributed by atoms with van der Waals surface area (Å²) in [6.45, 7) is 3.87. The Kier molecular flexibility index (Phi) is 5.16. The quantitative estimate of drug-likeness (QED) is 0.483. The lowest BCUT2D eigenvalue weighted by Crippen LogP contribution is -2.25. The second-order valence-electron chi connectivity index (χ2n) is 6.94. The first-order valence-electron chi connectivity index (χ1n) is 8.97. The fraction of sp³-hybridized carbons (Fsp3) is 0.211. The number of oxazole rings is 1. The van der Waals surface area contributed by atoms with Crippen molar-refractivity contribution in [1.82, 2.24) is 13.9 Å². The van der Waals surface area contributed by atoms with Gasteiger partial charge in [-0.2, -0.15) is 4.37 Å². The topological polar surface area (TPSA) is 107 Å². The van der Waals surface area contributed by atoms with Gasteiger partial charge in [0.15, 0.2) is 5.58 Å². The van der Waals surface area contributed by atoms with E-state index in [1.165, 1.54) is 10.9 Å². The van der Waals surface area contributed by atoms with Crippen molar-refractivity contribution in [2.75, 3.05) is 4.72 Å². The van der Waals surface area contributed by atoms with Gasteiger partial charge in [-0.15, -0.1) is 0 Å². The first kappa shape index (κ1) is 20.2. The standard InChI is InChI=1S/C19H17FN4O4S2/c1-11(2)17(12-6-4-3-5-7-12)24-14-8-13(20)16(9-15(14)28-19(24)25)30(26,27)23-18-21-10-22-29-18/h3-11,17H,1-2H3,(H,21,22,23). The number of fused-ring (bicyclic) bond motifs is 1. The SMILES string of the molecule is CC(C)C(c1ccccc1)n1c(=O)oc2cc(S(=O)(=O)Nc3ncns3)c(F)cc21. The van der Waals surface area contributed by atoms with Crippen LogP contribution in [0, 0.1) is 11.7 Å². The van der Waals surface area contributed by atoms with Gasteiger partial charge in [-0.25, -0.2) is 22.6 Å². The van der Waals surface area contributed by atoms with E-state index >= 15 is 0 Å². The summed E-state index contributed by atoms with van der Waals surface area (Å²) in [5.74, 6) is -1.72. The smallest absolute Gasteiger partial charge is 0.408 e. The second-order valence-corrected chi connectivity index (χ2v) is 9.37. The minimum atomic E-state index is -4.29. The van der Waals surface area contributed by atoms with Gasteiger partial charge in [-0.1, -0.05) is 44.2 Å². The molecule has 2 aromatic carbocycles. The molecular formula is C19H17FN4O4S2. The zero-order chi connectivity index (χ0) is 21.5. The Labute approximate surface area is 175 Å². The molecule has 0 saturated carbocycles. The predicted octanol–water partition coefficient (Wildman–Crippen LogP) is 3.63. The summed E-state index contributed by atoms with van der Waals surface area (Å²) >= 11 is 0.814. The summed E-state index contributed by atoms with van der Waals surface area (Å²) in [6, 6.07) is 10.9. The Morgan fingerprint density at radius 1 is 1.20 bits per heavy atom. The molecule has 0 radical (unpaired) electrons. The number of hydrogen-bond donors (Lipinski definition) is 1. The number of hydrogen-bond acceptors (Lipinski definition) is 7. The third-order valence-corrected chi connectivity index (χ3v) is 6.65. The maximum Gasteiger partial charge on any atom is 0.420 e. The molecule has 0 aliphatic rings. The summed E-state index contributed by atoms with van der Waals surface area (Å²) in [5.41, 5.74) is 1.00. The number of halogens is 1. The molecule has 4 rings (SSSR count). The van der Waals surface area contributed by atoms with Crippen LogP contribution in [0.5, 0.6) is 0 Å². The van der Waals surface area contributed by atoms with Crippen LogP contribution in [0.3, 0.4) is 0 Å². The highest BCUT2D eigenvalue weighted by Crippen LogP contribution is 2.31. The number of anilines is 1. The van der Waals surface area contributed by atoms with E-state index in [-0.39, 0.29) is 22.1 Å². The van der Waals surface area contributed by atoms with Gasteiger partial charge in [0.1, 0.15) is 17.0 Å². The zero-order valence-electron chi connectivity index (χ0n) is 15.9. The fourth-order valence-corrected chi connectivity index (χ4v) is 5.11. The van der Waals surface area contributed by atoms with Crippen LogP contribution in [0.25, 0.3) is 11.1 Å². The van der Waals surface area contributed by atoms with E-state index in [0.29, 0.717) is 0 Å². The van der Waals surface area contributed by atoms with Crippen LogP contribution in [0.1, 0.15) is 25.5 Å². The van der Waals surface area contributed by atoms with E-state index in [4.69, 9.17) is 4.42 Å². The molecule has 0 aliphatic carbocycles. The molecule has 30 heavy (non-hydrogen) atoms. The average Bonchev–Trinajstić information content (AvgIpc) is 3.30. The van der Waals surface area contributed by atoms with Crippen LogP contribution in [0.4, 0.5) is 9.52 Å². The van der Waals surface area contributed by atoms with Crippen LogP contribution >= 0.6 is 11.5 Å². The van der Waals surface area contributed by atoms with Gasteiger partial charge in [-0.05, 0) is 11.5 Å². The van der Waals surface area contributed by atoms with Gasteiger partial charge < -0.3 is 4.42 Å². The van der Waals surface area contributed by atoms with Crippen molar-refractivity contribution >= 4 is 37.8 Å². The Balaban J connectivity index is 1.86. The first-order chi connectivity index (χ1) is 14.3. The van der Waals surface area contributed by atoms with Crippen molar-refractivity contribution < 1.29 is 17.2 Å². The number of sulfonamides is 1. The van der Waals surface area contributed by atoms with Crippen LogP contribution in [-0.4, -0.2) is 22.3 Å². The number of benzene rings is 2. The van der Waals surface area contributed by atoms with E-state index in [1.54, 1.807) is 0 Å². The van der Waals surface area contributed by atoms with Gasteiger partial charge in [0.05, 0.1) is 11.6 Å². The van der Waals surface area contributed by atoms with Crippen LogP contribution in [0.2, 0.25) is 0 Å². The lowest BCUT2D eigenvalue weighted by molar-refractivity contribution is 0.401. The average molecular weight is 449 g/mol. The Morgan fingerprint density at radius 3 is 2.57 bits per heavy atom. The lowest BCUT2D eigenvalue weighted by Gasteiger charge is -2.22. The normalized spacial score (nSPS) is 13.1. The third-order valence-electron chi connectivity index (χ3n) is 4.59. The third kappa shape index (κ3) is 3.61. The van der Waals surface area contributed by atoms with Crippen molar-refractivity contribution in [2.45, 2.75) is 24.8 Å². The van der Waals surface area contributed by atoms with Gasteiger partial charge >= 0.3 is 5.76 Å². The maximum absolute atomic E-state index is 14.9. The maximum atomic E-state index is 14.9. The molecule has 1 unspecified atom stereocenters. The Hall–Kier alpha value is -3.05. The van der Waals surface area contributed by atoms with E-state index < -0.39 is 32.5 Å². The van der Waals surface area contributed by atoms with E-state index in [0.717, 1.165) is 29.2 Å². The molecule has 0 spiro atoms. The van der Waals surface area contributed by atoms with Crippen LogP contribution in [0.15, 0.2) is 62.9 Å². The molecule has 0 saturated heterocycles. The summed E-state index contributed by atoms with van der Waals surface area (Å²) in [4.78, 5) is 15.8. The number of rotatable bonds is 6. The Bertz CT molecular complexity index is 1350. The molecule has 8 nitrogen and oxygen atoms in total. The van der Waals surface area contributed by atoms with Crippen molar-refractivity contribution in [3.8, 4) is 0 Å². The molecule has 11 heteroatoms. The van der Waals surface area contributed by atoms with Crippen molar-refractivity contribution in [3.63, 3.8) is 0 Å². The largest absolute Gasteiger partial charge is 0.420 e. The fourth-order valence-electron chi connectivity index (χ4n) is 3.38. The minimum Gasteiger partial charge on any atom is -0.408 e. The zero-order valence-corrected chi connectivity index (χ0v) is 17.6. The molecule has 0 fully saturated rings. The minimum absolute atomic E-state index is 0.00234. The van der Waals surface area contributed by atoms with E-state index in [1.807, 2.05) is 44.2 Å². The summed E-state index contributed by atoms with van der Waals surface area (Å²) in [7, 11) is -4.29. The second kappa shape index (κ2) is 7.65. The molecule has 0 aliphatic heterocycles. The molecule has 0 bridgehead atoms. The number of nitrogens with zero attached hydrogens (tertiary/aromatic N) is 3. The predicted molar refractivity (Wildman–Crippen MR) is 111 cm³/mol. The molecular weight excluding hydrogens is 431 g/mol. The van der Waals surface area contributed by atoms with Crippen LogP contribution < -0.4 is 10.5 Å². The number of aromatic nitrogens is 3. The lowest BCUT2D eigenvalue weighted by atomic mass is 9.95. The summed E-state index contributed by atoms with van der Waals surface area (Å²) < 4.78 is 52.6. The van der Waals surface area contributed by atoms with Gasteiger partial charge in [-0.3, -0.25) is 9.29 Å². The summed E-state index contributed by atoms with van der Waals surface area (Å²) in [6.07, 6.45) is 1.18. The molecule has 2 aromatic heterocycles. The van der Waals surface area contributed by atoms with Gasteiger partial charge in [0, 0.05) is 23.7 Å². The van der Waals surface area contributed by atoms with E-state index in [9.17, 15) is 17.6 Å². The molecule has 0 amide bonds.